The first-order valence-corrected chi connectivity index (χ1v) is 6.18. The molecule has 1 N–H and O–H groups in total. The van der Waals surface area contributed by atoms with Crippen LogP contribution in [0, 0.1) is 13.8 Å². The molecule has 2 aromatic rings. The summed E-state index contributed by atoms with van der Waals surface area (Å²) < 4.78 is 2.37. The molecule has 1 aromatic heterocycles. The summed E-state index contributed by atoms with van der Waals surface area (Å²) in [6.07, 6.45) is 0. The highest BCUT2D eigenvalue weighted by atomic mass is 15.0. The fourth-order valence-corrected chi connectivity index (χ4v) is 2.58. The van der Waals surface area contributed by atoms with Crippen molar-refractivity contribution in [2.75, 3.05) is 0 Å². The van der Waals surface area contributed by atoms with Crippen LogP contribution in [0.25, 0.3) is 0 Å². The van der Waals surface area contributed by atoms with Crippen LogP contribution in [0.1, 0.15) is 28.1 Å². The van der Waals surface area contributed by atoms with Crippen LogP contribution in [0.2, 0.25) is 0 Å². The SMILES string of the molecule is Cc1ccc(C)n1Cc1ccc2c(c1)CNC2. The van der Waals surface area contributed by atoms with Gasteiger partial charge >= 0.3 is 0 Å². The van der Waals surface area contributed by atoms with Crippen LogP contribution in [0.4, 0.5) is 0 Å². The average molecular weight is 226 g/mol. The van der Waals surface area contributed by atoms with E-state index >= 15 is 0 Å². The summed E-state index contributed by atoms with van der Waals surface area (Å²) in [5.74, 6) is 0. The van der Waals surface area contributed by atoms with E-state index in [1.54, 1.807) is 0 Å². The molecule has 1 aliphatic rings. The third kappa shape index (κ3) is 1.89. The molecule has 0 atom stereocenters. The van der Waals surface area contributed by atoms with Gasteiger partial charge in [-0.15, -0.1) is 0 Å². The molecule has 88 valence electrons. The molecule has 3 rings (SSSR count). The lowest BCUT2D eigenvalue weighted by Crippen LogP contribution is -2.04. The van der Waals surface area contributed by atoms with Gasteiger partial charge in [0.25, 0.3) is 0 Å². The van der Waals surface area contributed by atoms with Gasteiger partial charge < -0.3 is 9.88 Å². The Balaban J connectivity index is 1.91. The predicted octanol–water partition coefficient (Wildman–Crippen LogP) is 2.76. The maximum absolute atomic E-state index is 3.39. The van der Waals surface area contributed by atoms with Gasteiger partial charge in [0.1, 0.15) is 0 Å². The van der Waals surface area contributed by atoms with E-state index in [1.807, 2.05) is 0 Å². The van der Waals surface area contributed by atoms with Gasteiger partial charge in [0.2, 0.25) is 0 Å². The van der Waals surface area contributed by atoms with Crippen molar-refractivity contribution in [1.29, 1.82) is 0 Å². The molecule has 0 saturated carbocycles. The first-order chi connectivity index (χ1) is 8.24. The highest BCUT2D eigenvalue weighted by Gasteiger charge is 2.10. The Hall–Kier alpha value is -1.54. The molecule has 0 aliphatic carbocycles. The van der Waals surface area contributed by atoms with Crippen LogP contribution in [0.5, 0.6) is 0 Å². The second-order valence-electron chi connectivity index (χ2n) is 4.91. The predicted molar refractivity (Wildman–Crippen MR) is 70.0 cm³/mol. The Morgan fingerprint density at radius 3 is 2.47 bits per heavy atom. The molecular formula is C15H18N2. The zero-order valence-corrected chi connectivity index (χ0v) is 10.5. The minimum atomic E-state index is 0.984. The quantitative estimate of drug-likeness (QED) is 0.833. The van der Waals surface area contributed by atoms with Gasteiger partial charge in [-0.1, -0.05) is 18.2 Å². The number of hydrogen-bond acceptors (Lipinski definition) is 1. The number of aryl methyl sites for hydroxylation is 2. The van der Waals surface area contributed by atoms with Crippen molar-refractivity contribution in [2.24, 2.45) is 0 Å². The molecule has 2 heterocycles. The van der Waals surface area contributed by atoms with Crippen LogP contribution in [-0.4, -0.2) is 4.57 Å². The van der Waals surface area contributed by atoms with Gasteiger partial charge in [-0.2, -0.15) is 0 Å². The van der Waals surface area contributed by atoms with Gasteiger partial charge in [0.15, 0.2) is 0 Å². The Morgan fingerprint density at radius 1 is 1.00 bits per heavy atom. The highest BCUT2D eigenvalue weighted by Crippen LogP contribution is 2.19. The van der Waals surface area contributed by atoms with Gasteiger partial charge in [0, 0.05) is 31.0 Å². The molecule has 2 nitrogen and oxygen atoms in total. The van der Waals surface area contributed by atoms with Crippen molar-refractivity contribution >= 4 is 0 Å². The average Bonchev–Trinajstić information content (AvgIpc) is 2.90. The Morgan fingerprint density at radius 2 is 1.71 bits per heavy atom. The minimum Gasteiger partial charge on any atom is -0.345 e. The highest BCUT2D eigenvalue weighted by molar-refractivity contribution is 5.35. The molecule has 0 bridgehead atoms. The van der Waals surface area contributed by atoms with Crippen LogP contribution in [0.3, 0.4) is 0 Å². The molecule has 1 aliphatic heterocycles. The van der Waals surface area contributed by atoms with E-state index in [-0.39, 0.29) is 0 Å². The van der Waals surface area contributed by atoms with E-state index in [4.69, 9.17) is 0 Å². The van der Waals surface area contributed by atoms with Gasteiger partial charge in [-0.05, 0) is 42.7 Å². The van der Waals surface area contributed by atoms with E-state index in [0.29, 0.717) is 0 Å². The first kappa shape index (κ1) is 10.6. The van der Waals surface area contributed by atoms with Gasteiger partial charge in [-0.3, -0.25) is 0 Å². The number of hydrogen-bond donors (Lipinski definition) is 1. The smallest absolute Gasteiger partial charge is 0.0475 e. The number of rotatable bonds is 2. The largest absolute Gasteiger partial charge is 0.345 e. The molecule has 17 heavy (non-hydrogen) atoms. The molecule has 0 spiro atoms. The van der Waals surface area contributed by atoms with Crippen molar-refractivity contribution in [2.45, 2.75) is 33.5 Å². The first-order valence-electron chi connectivity index (χ1n) is 6.18. The van der Waals surface area contributed by atoms with Crippen molar-refractivity contribution in [1.82, 2.24) is 9.88 Å². The molecule has 1 aromatic carbocycles. The second kappa shape index (κ2) is 4.04. The van der Waals surface area contributed by atoms with Crippen LogP contribution >= 0.6 is 0 Å². The third-order valence-electron chi connectivity index (χ3n) is 3.66. The molecule has 0 fully saturated rings. The van der Waals surface area contributed by atoms with Crippen molar-refractivity contribution < 1.29 is 0 Å². The Kier molecular flexibility index (Phi) is 2.52. The van der Waals surface area contributed by atoms with Gasteiger partial charge in [0.05, 0.1) is 0 Å². The van der Waals surface area contributed by atoms with Crippen LogP contribution in [0.15, 0.2) is 30.3 Å². The summed E-state index contributed by atoms with van der Waals surface area (Å²) in [4.78, 5) is 0. The summed E-state index contributed by atoms with van der Waals surface area (Å²) in [7, 11) is 0. The molecule has 0 unspecified atom stereocenters. The lowest BCUT2D eigenvalue weighted by Gasteiger charge is -2.10. The summed E-state index contributed by atoms with van der Waals surface area (Å²) in [5, 5.41) is 3.39. The second-order valence-corrected chi connectivity index (χ2v) is 4.91. The number of aromatic nitrogens is 1. The van der Waals surface area contributed by atoms with E-state index < -0.39 is 0 Å². The standard InChI is InChI=1S/C15H18N2/c1-11-3-4-12(2)17(11)10-13-5-6-14-8-16-9-15(14)7-13/h3-7,16H,8-10H2,1-2H3. The van der Waals surface area contributed by atoms with E-state index in [9.17, 15) is 0 Å². The summed E-state index contributed by atoms with van der Waals surface area (Å²) in [5.41, 5.74) is 6.98. The zero-order valence-electron chi connectivity index (χ0n) is 10.5. The molecule has 0 amide bonds. The van der Waals surface area contributed by atoms with E-state index in [2.05, 4.69) is 54.1 Å². The minimum absolute atomic E-state index is 0.984. The molecule has 0 radical (unpaired) electrons. The summed E-state index contributed by atoms with van der Waals surface area (Å²) in [6, 6.07) is 11.2. The molecule has 0 saturated heterocycles. The van der Waals surface area contributed by atoms with Crippen molar-refractivity contribution in [3.63, 3.8) is 0 Å². The normalized spacial score (nSPS) is 14.0. The van der Waals surface area contributed by atoms with E-state index in [1.165, 1.54) is 28.1 Å². The number of nitrogens with zero attached hydrogens (tertiary/aromatic N) is 1. The number of fused-ring (bicyclic) bond motifs is 1. The topological polar surface area (TPSA) is 17.0 Å². The third-order valence-corrected chi connectivity index (χ3v) is 3.66. The fraction of sp³-hybridized carbons (Fsp3) is 0.333. The van der Waals surface area contributed by atoms with Crippen LogP contribution < -0.4 is 5.32 Å². The summed E-state index contributed by atoms with van der Waals surface area (Å²) in [6.45, 7) is 7.37. The Labute approximate surface area is 102 Å². The monoisotopic (exact) mass is 226 g/mol. The summed E-state index contributed by atoms with van der Waals surface area (Å²) >= 11 is 0. The van der Waals surface area contributed by atoms with Crippen LogP contribution in [-0.2, 0) is 19.6 Å². The maximum atomic E-state index is 3.39. The number of nitrogens with one attached hydrogen (secondary N) is 1. The lowest BCUT2D eigenvalue weighted by atomic mass is 10.1. The molecule has 2 heteroatoms. The van der Waals surface area contributed by atoms with Crippen molar-refractivity contribution in [3.8, 4) is 0 Å². The van der Waals surface area contributed by atoms with Gasteiger partial charge in [-0.25, -0.2) is 0 Å². The van der Waals surface area contributed by atoms with Crippen molar-refractivity contribution in [3.05, 3.63) is 58.4 Å². The van der Waals surface area contributed by atoms with E-state index in [0.717, 1.165) is 19.6 Å². The fourth-order valence-electron chi connectivity index (χ4n) is 2.58. The maximum Gasteiger partial charge on any atom is 0.0475 e. The Bertz CT molecular complexity index is 533. The lowest BCUT2D eigenvalue weighted by molar-refractivity contribution is 0.747. The number of benzene rings is 1. The molecular weight excluding hydrogens is 208 g/mol. The zero-order chi connectivity index (χ0) is 11.8.